The first-order valence-electron chi connectivity index (χ1n) is 5.27. The maximum absolute atomic E-state index is 10.7. The van der Waals surface area contributed by atoms with E-state index in [1.807, 2.05) is 0 Å². The van der Waals surface area contributed by atoms with E-state index >= 15 is 0 Å². The topological polar surface area (TPSA) is 43.1 Å². The Bertz CT molecular complexity index is 597. The van der Waals surface area contributed by atoms with E-state index in [0.29, 0.717) is 5.56 Å². The summed E-state index contributed by atoms with van der Waals surface area (Å²) in [6.07, 6.45) is 0. The van der Waals surface area contributed by atoms with Crippen LogP contribution in [0, 0.1) is 37.0 Å². The molecule has 0 atom stereocenters. The molecule has 0 aromatic heterocycles. The zero-order valence-corrected chi connectivity index (χ0v) is 13.5. The van der Waals surface area contributed by atoms with Crippen LogP contribution in [0.1, 0.15) is 5.56 Å². The highest BCUT2D eigenvalue weighted by atomic mass is 127. The largest absolute Gasteiger partial charge is 0.270 e. The SMILES string of the molecule is C[Si](C)(C)C#CC#Cc1cc([N+](=O)[O-])ccc1I. The molecule has 0 heterocycles. The van der Waals surface area contributed by atoms with Crippen LogP contribution in [-0.2, 0) is 0 Å². The second-order valence-electron chi connectivity index (χ2n) is 4.67. The molecule has 1 rings (SSSR count). The van der Waals surface area contributed by atoms with Gasteiger partial charge in [-0.1, -0.05) is 25.6 Å². The summed E-state index contributed by atoms with van der Waals surface area (Å²) in [6.45, 7) is 6.41. The Morgan fingerprint density at radius 3 is 2.50 bits per heavy atom. The molecule has 0 bridgehead atoms. The average Bonchev–Trinajstić information content (AvgIpc) is 2.24. The molecule has 0 saturated heterocycles. The molecule has 0 radical (unpaired) electrons. The van der Waals surface area contributed by atoms with Gasteiger partial charge in [0.25, 0.3) is 5.69 Å². The van der Waals surface area contributed by atoms with Crippen molar-refractivity contribution in [3.63, 3.8) is 0 Å². The molecule has 0 amide bonds. The molecule has 0 spiro atoms. The van der Waals surface area contributed by atoms with Gasteiger partial charge in [0, 0.05) is 21.3 Å². The van der Waals surface area contributed by atoms with E-state index in [-0.39, 0.29) is 5.69 Å². The van der Waals surface area contributed by atoms with E-state index in [9.17, 15) is 10.1 Å². The van der Waals surface area contributed by atoms with Gasteiger partial charge in [-0.05, 0) is 40.5 Å². The molecule has 3 nitrogen and oxygen atoms in total. The van der Waals surface area contributed by atoms with Crippen molar-refractivity contribution in [1.29, 1.82) is 0 Å². The summed E-state index contributed by atoms with van der Waals surface area (Å²) in [5, 5.41) is 10.7. The standard InChI is InChI=1S/C13H12INO2Si/c1-18(2,3)9-5-4-6-11-10-12(15(16)17)7-8-13(11)14/h7-8,10H,1-3H3. The maximum atomic E-state index is 10.7. The summed E-state index contributed by atoms with van der Waals surface area (Å²) < 4.78 is 0.889. The van der Waals surface area contributed by atoms with Crippen LogP contribution < -0.4 is 0 Å². The van der Waals surface area contributed by atoms with E-state index < -0.39 is 13.0 Å². The van der Waals surface area contributed by atoms with Gasteiger partial charge in [-0.15, -0.1) is 5.54 Å². The van der Waals surface area contributed by atoms with E-state index in [1.165, 1.54) is 12.1 Å². The van der Waals surface area contributed by atoms with Gasteiger partial charge in [0.1, 0.15) is 8.07 Å². The average molecular weight is 369 g/mol. The molecule has 0 aliphatic carbocycles. The molecule has 18 heavy (non-hydrogen) atoms. The van der Waals surface area contributed by atoms with Crippen molar-refractivity contribution in [3.05, 3.63) is 37.4 Å². The minimum atomic E-state index is -1.41. The lowest BCUT2D eigenvalue weighted by Crippen LogP contribution is -2.16. The molecule has 0 aliphatic heterocycles. The van der Waals surface area contributed by atoms with Gasteiger partial charge in [-0.25, -0.2) is 0 Å². The van der Waals surface area contributed by atoms with Gasteiger partial charge in [-0.2, -0.15) is 0 Å². The Morgan fingerprint density at radius 1 is 1.28 bits per heavy atom. The molecule has 0 unspecified atom stereocenters. The first kappa shape index (κ1) is 14.7. The number of non-ortho nitro benzene ring substituents is 1. The number of halogens is 1. The van der Waals surface area contributed by atoms with E-state index in [4.69, 9.17) is 0 Å². The first-order chi connectivity index (χ1) is 8.29. The van der Waals surface area contributed by atoms with Crippen LogP contribution >= 0.6 is 22.6 Å². The van der Waals surface area contributed by atoms with Gasteiger partial charge in [0.2, 0.25) is 0 Å². The van der Waals surface area contributed by atoms with Crippen LogP contribution in [-0.4, -0.2) is 13.0 Å². The van der Waals surface area contributed by atoms with Crippen LogP contribution in [0.5, 0.6) is 0 Å². The molecule has 0 saturated carbocycles. The summed E-state index contributed by atoms with van der Waals surface area (Å²) in [6, 6.07) is 4.64. The lowest BCUT2D eigenvalue weighted by atomic mass is 10.2. The van der Waals surface area contributed by atoms with E-state index in [2.05, 4.69) is 65.5 Å². The van der Waals surface area contributed by atoms with Gasteiger partial charge < -0.3 is 0 Å². The lowest BCUT2D eigenvalue weighted by Gasteiger charge is -2.01. The zero-order valence-electron chi connectivity index (χ0n) is 10.4. The van der Waals surface area contributed by atoms with Crippen molar-refractivity contribution in [2.75, 3.05) is 0 Å². The quantitative estimate of drug-likeness (QED) is 0.250. The smallest absolute Gasteiger partial charge is 0.258 e. The summed E-state index contributed by atoms with van der Waals surface area (Å²) in [5.74, 6) is 8.46. The van der Waals surface area contributed by atoms with Gasteiger partial charge in [0.15, 0.2) is 0 Å². The van der Waals surface area contributed by atoms with Crippen molar-refractivity contribution < 1.29 is 4.92 Å². The van der Waals surface area contributed by atoms with Crippen LogP contribution in [0.15, 0.2) is 18.2 Å². The fourth-order valence-corrected chi connectivity index (χ4v) is 1.95. The molecule has 92 valence electrons. The number of nitrogens with zero attached hydrogens (tertiary/aromatic N) is 1. The highest BCUT2D eigenvalue weighted by molar-refractivity contribution is 14.1. The maximum Gasteiger partial charge on any atom is 0.270 e. The third-order valence-corrected chi connectivity index (χ3v) is 3.67. The Kier molecular flexibility index (Phi) is 4.94. The monoisotopic (exact) mass is 369 g/mol. The summed E-state index contributed by atoms with van der Waals surface area (Å²) >= 11 is 2.10. The number of benzene rings is 1. The molecule has 1 aromatic rings. The normalized spacial score (nSPS) is 9.78. The highest BCUT2D eigenvalue weighted by Crippen LogP contribution is 2.18. The number of rotatable bonds is 1. The highest BCUT2D eigenvalue weighted by Gasteiger charge is 2.08. The Labute approximate surface area is 121 Å². The molecular formula is C13H12INO2Si. The molecule has 1 aromatic carbocycles. The molecule has 5 heteroatoms. The Hall–Kier alpha value is -1.31. The zero-order chi connectivity index (χ0) is 13.8. The summed E-state index contributed by atoms with van der Waals surface area (Å²) in [7, 11) is -1.41. The number of hydrogen-bond donors (Lipinski definition) is 0. The fraction of sp³-hybridized carbons (Fsp3) is 0.231. The van der Waals surface area contributed by atoms with Crippen molar-refractivity contribution in [2.45, 2.75) is 19.6 Å². The molecule has 0 N–H and O–H groups in total. The fourth-order valence-electron chi connectivity index (χ4n) is 1.04. The van der Waals surface area contributed by atoms with Gasteiger partial charge >= 0.3 is 0 Å². The third-order valence-electron chi connectivity index (χ3n) is 1.86. The van der Waals surface area contributed by atoms with Crippen molar-refractivity contribution >= 4 is 36.4 Å². The van der Waals surface area contributed by atoms with Crippen LogP contribution in [0.25, 0.3) is 0 Å². The van der Waals surface area contributed by atoms with Crippen molar-refractivity contribution in [2.24, 2.45) is 0 Å². The second-order valence-corrected chi connectivity index (χ2v) is 10.6. The predicted molar refractivity (Wildman–Crippen MR) is 83.8 cm³/mol. The summed E-state index contributed by atoms with van der Waals surface area (Å²) in [4.78, 5) is 10.2. The minimum absolute atomic E-state index is 0.0536. The summed E-state index contributed by atoms with van der Waals surface area (Å²) in [5.41, 5.74) is 3.83. The van der Waals surface area contributed by atoms with Crippen molar-refractivity contribution in [1.82, 2.24) is 0 Å². The Balaban J connectivity index is 3.04. The van der Waals surface area contributed by atoms with Gasteiger partial charge in [-0.3, -0.25) is 10.1 Å². The number of hydrogen-bond acceptors (Lipinski definition) is 2. The molecule has 0 fully saturated rings. The second kappa shape index (κ2) is 6.03. The lowest BCUT2D eigenvalue weighted by molar-refractivity contribution is -0.384. The van der Waals surface area contributed by atoms with Crippen molar-refractivity contribution in [3.8, 4) is 23.3 Å². The van der Waals surface area contributed by atoms with Crippen LogP contribution in [0.2, 0.25) is 19.6 Å². The first-order valence-corrected chi connectivity index (χ1v) is 9.84. The van der Waals surface area contributed by atoms with E-state index in [0.717, 1.165) is 3.57 Å². The third kappa shape index (κ3) is 4.90. The Morgan fingerprint density at radius 2 is 1.94 bits per heavy atom. The molecule has 0 aliphatic rings. The van der Waals surface area contributed by atoms with Crippen LogP contribution in [0.4, 0.5) is 5.69 Å². The van der Waals surface area contributed by atoms with Gasteiger partial charge in [0.05, 0.1) is 4.92 Å². The number of nitro benzene ring substituents is 1. The minimum Gasteiger partial charge on any atom is -0.258 e. The number of nitro groups is 1. The molecular weight excluding hydrogens is 357 g/mol. The van der Waals surface area contributed by atoms with E-state index in [1.54, 1.807) is 6.07 Å². The van der Waals surface area contributed by atoms with Crippen LogP contribution in [0.3, 0.4) is 0 Å². The predicted octanol–water partition coefficient (Wildman–Crippen LogP) is 3.43.